The maximum atomic E-state index is 13.0. The molecule has 4 heteroatoms. The predicted molar refractivity (Wildman–Crippen MR) is 78.1 cm³/mol. The average Bonchev–Trinajstić information content (AvgIpc) is 2.40. The van der Waals surface area contributed by atoms with E-state index in [9.17, 15) is 4.39 Å². The number of hydrogen-bond donors (Lipinski definition) is 1. The summed E-state index contributed by atoms with van der Waals surface area (Å²) in [6, 6.07) is 12.6. The van der Waals surface area contributed by atoms with Crippen LogP contribution in [-0.4, -0.2) is 0 Å². The molecule has 0 amide bonds. The molecule has 1 nitrogen and oxygen atoms in total. The molecule has 0 heterocycles. The largest absolute Gasteiger partial charge is 0.306 e. The van der Waals surface area contributed by atoms with E-state index in [2.05, 4.69) is 12.2 Å². The lowest BCUT2D eigenvalue weighted by molar-refractivity contribution is 0.573. The zero-order valence-corrected chi connectivity index (χ0v) is 12.0. The zero-order valence-electron chi connectivity index (χ0n) is 10.5. The first kappa shape index (κ1) is 14.3. The third-order valence-corrected chi connectivity index (χ3v) is 3.47. The Labute approximate surface area is 122 Å². The Morgan fingerprint density at radius 3 is 2.63 bits per heavy atom. The van der Waals surface area contributed by atoms with Crippen molar-refractivity contribution < 1.29 is 4.39 Å². The Balaban J connectivity index is 2.00. The third-order valence-electron chi connectivity index (χ3n) is 2.95. The van der Waals surface area contributed by atoms with E-state index in [1.54, 1.807) is 12.1 Å². The fraction of sp³-hybridized carbons (Fsp3) is 0.200. The Morgan fingerprint density at radius 1 is 1.16 bits per heavy atom. The maximum absolute atomic E-state index is 13.0. The minimum atomic E-state index is -0.395. The monoisotopic (exact) mass is 297 g/mol. The lowest BCUT2D eigenvalue weighted by atomic mass is 10.1. The molecule has 0 aliphatic carbocycles. The Morgan fingerprint density at radius 2 is 1.95 bits per heavy atom. The average molecular weight is 298 g/mol. The van der Waals surface area contributed by atoms with E-state index in [-0.39, 0.29) is 11.1 Å². The Hall–Kier alpha value is -1.09. The summed E-state index contributed by atoms with van der Waals surface area (Å²) >= 11 is 11.7. The van der Waals surface area contributed by atoms with Gasteiger partial charge in [0.15, 0.2) is 0 Å². The summed E-state index contributed by atoms with van der Waals surface area (Å²) < 4.78 is 13.0. The van der Waals surface area contributed by atoms with E-state index in [1.807, 2.05) is 24.3 Å². The van der Waals surface area contributed by atoms with E-state index < -0.39 is 5.82 Å². The number of hydrogen-bond acceptors (Lipinski definition) is 1. The molecule has 0 bridgehead atoms. The molecule has 0 spiro atoms. The predicted octanol–water partition coefficient (Wildman–Crippen LogP) is 4.98. The van der Waals surface area contributed by atoms with Gasteiger partial charge in [0.05, 0.1) is 5.02 Å². The first-order valence-electron chi connectivity index (χ1n) is 5.99. The molecule has 0 radical (unpaired) electrons. The SMILES string of the molecule is C[C@H](NCc1ccc(F)c(Cl)c1)c1cccc(Cl)c1. The fourth-order valence-corrected chi connectivity index (χ4v) is 2.22. The van der Waals surface area contributed by atoms with E-state index in [0.29, 0.717) is 6.54 Å². The zero-order chi connectivity index (χ0) is 13.8. The highest BCUT2D eigenvalue weighted by atomic mass is 35.5. The minimum absolute atomic E-state index is 0.148. The van der Waals surface area contributed by atoms with Gasteiger partial charge in [-0.25, -0.2) is 4.39 Å². The van der Waals surface area contributed by atoms with E-state index >= 15 is 0 Å². The first-order valence-corrected chi connectivity index (χ1v) is 6.74. The van der Waals surface area contributed by atoms with Gasteiger partial charge in [0, 0.05) is 17.6 Å². The molecule has 0 aliphatic rings. The molecular weight excluding hydrogens is 284 g/mol. The van der Waals surface area contributed by atoms with Crippen LogP contribution in [0.15, 0.2) is 42.5 Å². The van der Waals surface area contributed by atoms with Crippen molar-refractivity contribution in [3.8, 4) is 0 Å². The Kier molecular flexibility index (Phi) is 4.81. The van der Waals surface area contributed by atoms with Crippen LogP contribution in [-0.2, 0) is 6.54 Å². The van der Waals surface area contributed by atoms with Crippen molar-refractivity contribution >= 4 is 23.2 Å². The lowest BCUT2D eigenvalue weighted by Crippen LogP contribution is -2.18. The number of rotatable bonds is 4. The molecular formula is C15H14Cl2FN. The van der Waals surface area contributed by atoms with Gasteiger partial charge in [0.1, 0.15) is 5.82 Å². The van der Waals surface area contributed by atoms with Crippen molar-refractivity contribution in [1.82, 2.24) is 5.32 Å². The van der Waals surface area contributed by atoms with Gasteiger partial charge in [-0.3, -0.25) is 0 Å². The van der Waals surface area contributed by atoms with E-state index in [4.69, 9.17) is 23.2 Å². The van der Waals surface area contributed by atoms with Gasteiger partial charge < -0.3 is 5.32 Å². The third kappa shape index (κ3) is 3.93. The van der Waals surface area contributed by atoms with Crippen LogP contribution in [0.1, 0.15) is 24.1 Å². The minimum Gasteiger partial charge on any atom is -0.306 e. The van der Waals surface area contributed by atoms with Gasteiger partial charge >= 0.3 is 0 Å². The number of nitrogens with one attached hydrogen (secondary N) is 1. The summed E-state index contributed by atoms with van der Waals surface area (Å²) in [5.41, 5.74) is 2.06. The molecule has 19 heavy (non-hydrogen) atoms. The van der Waals surface area contributed by atoms with Crippen molar-refractivity contribution in [2.45, 2.75) is 19.5 Å². The molecule has 1 N–H and O–H groups in total. The standard InChI is InChI=1S/C15H14Cl2FN/c1-10(12-3-2-4-13(16)8-12)19-9-11-5-6-15(18)14(17)7-11/h2-8,10,19H,9H2,1H3/t10-/m0/s1. The molecule has 2 aromatic carbocycles. The summed E-state index contributed by atoms with van der Waals surface area (Å²) in [4.78, 5) is 0. The van der Waals surface area contributed by atoms with Crippen molar-refractivity contribution in [2.75, 3.05) is 0 Å². The van der Waals surface area contributed by atoms with Crippen LogP contribution < -0.4 is 5.32 Å². The van der Waals surface area contributed by atoms with Crippen LogP contribution in [0.25, 0.3) is 0 Å². The normalized spacial score (nSPS) is 12.4. The second-order valence-corrected chi connectivity index (χ2v) is 5.25. The van der Waals surface area contributed by atoms with Crippen LogP contribution in [0, 0.1) is 5.82 Å². The molecule has 0 saturated carbocycles. The first-order chi connectivity index (χ1) is 9.06. The quantitative estimate of drug-likeness (QED) is 0.839. The molecule has 0 saturated heterocycles. The van der Waals surface area contributed by atoms with Crippen molar-refractivity contribution in [3.63, 3.8) is 0 Å². The summed E-state index contributed by atoms with van der Waals surface area (Å²) in [5.74, 6) is -0.395. The van der Waals surface area contributed by atoms with Gasteiger partial charge in [0.25, 0.3) is 0 Å². The van der Waals surface area contributed by atoms with Gasteiger partial charge in [-0.1, -0.05) is 41.4 Å². The van der Waals surface area contributed by atoms with Crippen molar-refractivity contribution in [2.24, 2.45) is 0 Å². The molecule has 2 aromatic rings. The number of halogens is 3. The second kappa shape index (κ2) is 6.38. The molecule has 1 atom stereocenters. The fourth-order valence-electron chi connectivity index (χ4n) is 1.81. The van der Waals surface area contributed by atoms with Crippen LogP contribution in [0.4, 0.5) is 4.39 Å². The number of benzene rings is 2. The second-order valence-electron chi connectivity index (χ2n) is 4.41. The van der Waals surface area contributed by atoms with Crippen LogP contribution in [0.2, 0.25) is 10.0 Å². The Bertz CT molecular complexity index is 572. The molecule has 0 aromatic heterocycles. The van der Waals surface area contributed by atoms with Crippen molar-refractivity contribution in [3.05, 3.63) is 69.5 Å². The smallest absolute Gasteiger partial charge is 0.141 e. The molecule has 100 valence electrons. The summed E-state index contributed by atoms with van der Waals surface area (Å²) in [7, 11) is 0. The van der Waals surface area contributed by atoms with Gasteiger partial charge in [-0.15, -0.1) is 0 Å². The summed E-state index contributed by atoms with van der Waals surface area (Å²) in [6.07, 6.45) is 0. The highest BCUT2D eigenvalue weighted by Crippen LogP contribution is 2.19. The highest BCUT2D eigenvalue weighted by molar-refractivity contribution is 6.31. The molecule has 2 rings (SSSR count). The molecule has 0 fully saturated rings. The summed E-state index contributed by atoms with van der Waals surface area (Å²) in [5, 5.41) is 4.22. The lowest BCUT2D eigenvalue weighted by Gasteiger charge is -2.14. The van der Waals surface area contributed by atoms with Crippen LogP contribution in [0.3, 0.4) is 0 Å². The highest BCUT2D eigenvalue weighted by Gasteiger charge is 2.06. The van der Waals surface area contributed by atoms with Gasteiger partial charge in [-0.05, 0) is 42.3 Å². The molecule has 0 unspecified atom stereocenters. The van der Waals surface area contributed by atoms with E-state index in [1.165, 1.54) is 6.07 Å². The summed E-state index contributed by atoms with van der Waals surface area (Å²) in [6.45, 7) is 2.67. The van der Waals surface area contributed by atoms with Gasteiger partial charge in [0.2, 0.25) is 0 Å². The molecule has 0 aliphatic heterocycles. The maximum Gasteiger partial charge on any atom is 0.141 e. The van der Waals surface area contributed by atoms with Crippen LogP contribution >= 0.6 is 23.2 Å². The van der Waals surface area contributed by atoms with Crippen LogP contribution in [0.5, 0.6) is 0 Å². The topological polar surface area (TPSA) is 12.0 Å². The van der Waals surface area contributed by atoms with E-state index in [0.717, 1.165) is 16.1 Å². The van der Waals surface area contributed by atoms with Gasteiger partial charge in [-0.2, -0.15) is 0 Å². The van der Waals surface area contributed by atoms with Crippen molar-refractivity contribution in [1.29, 1.82) is 0 Å².